The van der Waals surface area contributed by atoms with Gasteiger partial charge >= 0.3 is 6.18 Å². The van der Waals surface area contributed by atoms with Gasteiger partial charge in [0.25, 0.3) is 0 Å². The molecule has 0 radical (unpaired) electrons. The van der Waals surface area contributed by atoms with Gasteiger partial charge in [-0.05, 0) is 53.9 Å². The number of hydrogen-bond acceptors (Lipinski definition) is 3. The first-order valence-corrected chi connectivity index (χ1v) is 11.4. The molecule has 0 bridgehead atoms. The lowest BCUT2D eigenvalue weighted by atomic mass is 10.1. The van der Waals surface area contributed by atoms with Gasteiger partial charge in [0.2, 0.25) is 5.91 Å². The van der Waals surface area contributed by atoms with Crippen LogP contribution in [0.1, 0.15) is 11.3 Å². The first-order valence-electron chi connectivity index (χ1n) is 10.2. The quantitative estimate of drug-likeness (QED) is 0.156. The zero-order valence-corrected chi connectivity index (χ0v) is 20.1. The summed E-state index contributed by atoms with van der Waals surface area (Å²) in [5.74, 6) is -0.341. The molecule has 1 amide bonds. The molecular formula is C24H17Cl2F4N3OS. The van der Waals surface area contributed by atoms with Crippen molar-refractivity contribution in [3.8, 4) is 0 Å². The van der Waals surface area contributed by atoms with Crippen molar-refractivity contribution in [3.05, 3.63) is 87.8 Å². The van der Waals surface area contributed by atoms with E-state index in [1.54, 1.807) is 6.07 Å². The molecule has 1 atom stereocenters. The van der Waals surface area contributed by atoms with Gasteiger partial charge in [-0.25, -0.2) is 4.39 Å². The number of carbonyl (C=O) groups is 1. The van der Waals surface area contributed by atoms with Crippen LogP contribution in [0.3, 0.4) is 0 Å². The Kier molecular flexibility index (Phi) is 7.21. The van der Waals surface area contributed by atoms with E-state index in [0.717, 1.165) is 34.0 Å². The number of para-hydroxylation sites is 2. The molecule has 182 valence electrons. The van der Waals surface area contributed by atoms with Crippen molar-refractivity contribution in [1.82, 2.24) is 4.98 Å². The Morgan fingerprint density at radius 2 is 1.69 bits per heavy atom. The lowest BCUT2D eigenvalue weighted by molar-refractivity contribution is -0.137. The number of H-pyrrole nitrogens is 1. The molecule has 4 aromatic rings. The lowest BCUT2D eigenvalue weighted by Gasteiger charge is -2.26. The number of benzene rings is 3. The Morgan fingerprint density at radius 3 is 2.40 bits per heavy atom. The Bertz CT molecular complexity index is 1410. The van der Waals surface area contributed by atoms with Gasteiger partial charge in [-0.2, -0.15) is 13.2 Å². The van der Waals surface area contributed by atoms with Crippen LogP contribution in [0.15, 0.2) is 65.6 Å². The number of rotatable bonds is 2. The molecule has 4 nitrogen and oxygen atoms in total. The van der Waals surface area contributed by atoms with E-state index >= 15 is 0 Å². The molecule has 5 rings (SSSR count). The number of hydrogen-bond donors (Lipinski definition) is 4. The Labute approximate surface area is 213 Å². The summed E-state index contributed by atoms with van der Waals surface area (Å²) in [5, 5.41) is 6.44. The molecule has 35 heavy (non-hydrogen) atoms. The molecule has 0 fully saturated rings. The van der Waals surface area contributed by atoms with Gasteiger partial charge in [0.1, 0.15) is 11.9 Å². The van der Waals surface area contributed by atoms with Crippen molar-refractivity contribution >= 4 is 64.0 Å². The van der Waals surface area contributed by atoms with Crippen LogP contribution in [0.25, 0.3) is 10.9 Å². The first kappa shape index (κ1) is 25.2. The van der Waals surface area contributed by atoms with Crippen LogP contribution in [0.4, 0.5) is 28.9 Å². The van der Waals surface area contributed by atoms with E-state index in [9.17, 15) is 22.4 Å². The van der Waals surface area contributed by atoms with E-state index in [-0.39, 0.29) is 27.7 Å². The minimum absolute atomic E-state index is 0.0662. The summed E-state index contributed by atoms with van der Waals surface area (Å²) in [4.78, 5) is 15.5. The number of fused-ring (bicyclic) bond motifs is 2. The molecule has 0 aliphatic carbocycles. The normalized spacial score (nSPS) is 15.1. The molecule has 3 N–H and O–H groups in total. The maximum Gasteiger partial charge on any atom is 0.417 e. The number of halogens is 6. The highest BCUT2D eigenvalue weighted by Gasteiger charge is 2.34. The number of thiol groups is 1. The van der Waals surface area contributed by atoms with Gasteiger partial charge < -0.3 is 15.6 Å². The summed E-state index contributed by atoms with van der Waals surface area (Å²) in [5.41, 5.74) is 2.38. The second-order valence-electron chi connectivity index (χ2n) is 7.75. The molecule has 1 aliphatic rings. The lowest BCUT2D eigenvalue weighted by Crippen LogP contribution is -2.40. The smallest absolute Gasteiger partial charge is 0.372 e. The molecule has 11 heteroatoms. The van der Waals surface area contributed by atoms with Crippen LogP contribution in [0.2, 0.25) is 10.0 Å². The molecule has 1 aliphatic heterocycles. The fourth-order valence-electron chi connectivity index (χ4n) is 3.61. The molecule has 1 unspecified atom stereocenters. The number of nitrogens with one attached hydrogen (secondary N) is 3. The van der Waals surface area contributed by atoms with Crippen LogP contribution in [0, 0.1) is 5.82 Å². The number of anilines is 2. The van der Waals surface area contributed by atoms with Crippen molar-refractivity contribution in [2.75, 3.05) is 10.6 Å². The zero-order chi connectivity index (χ0) is 25.3. The average Bonchev–Trinajstić information content (AvgIpc) is 3.18. The largest absolute Gasteiger partial charge is 0.417 e. The van der Waals surface area contributed by atoms with Crippen molar-refractivity contribution in [2.24, 2.45) is 0 Å². The van der Waals surface area contributed by atoms with Gasteiger partial charge in [0.15, 0.2) is 0 Å². The highest BCUT2D eigenvalue weighted by atomic mass is 35.5. The zero-order valence-electron chi connectivity index (χ0n) is 17.7. The SMILES string of the molecule is FC(F)(F)c1cc(S)cc(Cl)c1Cl.O=C1Nc2ccccc2NC1Cc1cc2ccc(F)cc2[nH]1. The highest BCUT2D eigenvalue weighted by molar-refractivity contribution is 7.80. The third kappa shape index (κ3) is 5.86. The van der Waals surface area contributed by atoms with Gasteiger partial charge in [0.05, 0.1) is 27.0 Å². The number of carbonyl (C=O) groups excluding carboxylic acids is 1. The van der Waals surface area contributed by atoms with E-state index in [1.807, 2.05) is 30.3 Å². The Morgan fingerprint density at radius 1 is 0.971 bits per heavy atom. The van der Waals surface area contributed by atoms with Crippen LogP contribution in [-0.4, -0.2) is 16.9 Å². The number of aromatic nitrogens is 1. The van der Waals surface area contributed by atoms with E-state index < -0.39 is 16.8 Å². The van der Waals surface area contributed by atoms with Crippen molar-refractivity contribution in [3.63, 3.8) is 0 Å². The Balaban J connectivity index is 0.000000191. The van der Waals surface area contributed by atoms with Gasteiger partial charge in [-0.15, -0.1) is 12.6 Å². The van der Waals surface area contributed by atoms with E-state index in [1.165, 1.54) is 18.2 Å². The fourth-order valence-corrected chi connectivity index (χ4v) is 4.37. The van der Waals surface area contributed by atoms with Gasteiger partial charge in [0, 0.05) is 22.5 Å². The predicted molar refractivity (Wildman–Crippen MR) is 133 cm³/mol. The minimum atomic E-state index is -4.50. The topological polar surface area (TPSA) is 56.9 Å². The van der Waals surface area contributed by atoms with Gasteiger partial charge in [-0.1, -0.05) is 35.3 Å². The summed E-state index contributed by atoms with van der Waals surface area (Å²) < 4.78 is 49.9. The van der Waals surface area contributed by atoms with E-state index in [4.69, 9.17) is 23.2 Å². The number of alkyl halides is 3. The monoisotopic (exact) mass is 541 g/mol. The summed E-state index contributed by atoms with van der Waals surface area (Å²) in [6, 6.07) is 15.9. The highest BCUT2D eigenvalue weighted by Crippen LogP contribution is 2.39. The van der Waals surface area contributed by atoms with Crippen LogP contribution >= 0.6 is 35.8 Å². The van der Waals surface area contributed by atoms with Crippen molar-refractivity contribution in [2.45, 2.75) is 23.5 Å². The summed E-state index contributed by atoms with van der Waals surface area (Å²) >= 11 is 14.6. The Hall–Kier alpha value is -2.88. The van der Waals surface area contributed by atoms with E-state index in [0.29, 0.717) is 6.42 Å². The number of amides is 1. The average molecular weight is 542 g/mol. The number of aromatic amines is 1. The van der Waals surface area contributed by atoms with Gasteiger partial charge in [-0.3, -0.25) is 4.79 Å². The third-order valence-corrected chi connectivity index (χ3v) is 6.27. The minimum Gasteiger partial charge on any atom is -0.372 e. The summed E-state index contributed by atoms with van der Waals surface area (Å²) in [7, 11) is 0. The molecule has 2 heterocycles. The van der Waals surface area contributed by atoms with Crippen molar-refractivity contribution < 1.29 is 22.4 Å². The predicted octanol–water partition coefficient (Wildman–Crippen LogP) is 7.58. The molecule has 1 aromatic heterocycles. The third-order valence-electron chi connectivity index (χ3n) is 5.21. The summed E-state index contributed by atoms with van der Waals surface area (Å²) in [6.07, 6.45) is -3.99. The maximum absolute atomic E-state index is 13.2. The molecule has 3 aromatic carbocycles. The van der Waals surface area contributed by atoms with Crippen LogP contribution in [-0.2, 0) is 17.4 Å². The van der Waals surface area contributed by atoms with Crippen LogP contribution < -0.4 is 10.6 Å². The first-order chi connectivity index (χ1) is 16.5. The fraction of sp³-hybridized carbons (Fsp3) is 0.125. The standard InChI is InChI=1S/C17H14FN3O.C7H3Cl2F3S/c18-11-6-5-10-7-12(19-15(10)8-11)9-16-17(22)21-14-4-2-1-3-13(14)20-16;8-5-2-3(13)1-4(6(5)9)7(10,11)12/h1-8,16,19-20H,9H2,(H,21,22);1-2,13H. The van der Waals surface area contributed by atoms with Crippen LogP contribution in [0.5, 0.6) is 0 Å². The molecular weight excluding hydrogens is 525 g/mol. The molecule has 0 spiro atoms. The molecule has 0 saturated heterocycles. The molecule has 0 saturated carbocycles. The van der Waals surface area contributed by atoms with E-state index in [2.05, 4.69) is 28.2 Å². The van der Waals surface area contributed by atoms with Crippen molar-refractivity contribution in [1.29, 1.82) is 0 Å². The second-order valence-corrected chi connectivity index (χ2v) is 9.05. The summed E-state index contributed by atoms with van der Waals surface area (Å²) in [6.45, 7) is 0. The maximum atomic E-state index is 13.2. The second kappa shape index (κ2) is 10.0.